The molecule has 0 saturated heterocycles. The van der Waals surface area contributed by atoms with E-state index >= 15 is 0 Å². The summed E-state index contributed by atoms with van der Waals surface area (Å²) in [6.45, 7) is 7.97. The van der Waals surface area contributed by atoms with E-state index in [1.54, 1.807) is 0 Å². The van der Waals surface area contributed by atoms with E-state index < -0.39 is 0 Å². The van der Waals surface area contributed by atoms with Crippen LogP contribution >= 0.6 is 0 Å². The number of amides is 1. The minimum Gasteiger partial charge on any atom is -0.395 e. The Morgan fingerprint density at radius 2 is 2.20 bits per heavy atom. The maximum absolute atomic E-state index is 10.7. The molecule has 1 amide bonds. The van der Waals surface area contributed by atoms with Crippen molar-refractivity contribution in [3.8, 4) is 0 Å². The van der Waals surface area contributed by atoms with Crippen LogP contribution in [0.2, 0.25) is 0 Å². The van der Waals surface area contributed by atoms with Crippen molar-refractivity contribution in [1.82, 2.24) is 5.32 Å². The summed E-state index contributed by atoms with van der Waals surface area (Å²) in [5, 5.41) is 2.62. The average Bonchev–Trinajstić information content (AvgIpc) is 1.82. The first kappa shape index (κ1) is 9.01. The highest BCUT2D eigenvalue weighted by molar-refractivity contribution is 5.91. The number of hydrogen-bond donors (Lipinski definition) is 2. The Morgan fingerprint density at radius 3 is 2.50 bits per heavy atom. The zero-order valence-electron chi connectivity index (χ0n) is 6.48. The zero-order valence-corrected chi connectivity index (χ0v) is 6.48. The van der Waals surface area contributed by atoms with E-state index in [0.29, 0.717) is 12.5 Å². The van der Waals surface area contributed by atoms with Gasteiger partial charge in [-0.1, -0.05) is 20.4 Å². The molecule has 0 rings (SSSR count). The second kappa shape index (κ2) is 3.93. The average molecular weight is 142 g/mol. The summed E-state index contributed by atoms with van der Waals surface area (Å²) in [4.78, 5) is 10.7. The van der Waals surface area contributed by atoms with E-state index in [2.05, 4.69) is 11.9 Å². The number of nitrogens with two attached hydrogens (primary N) is 1. The lowest BCUT2D eigenvalue weighted by Gasteiger charge is -2.05. The highest BCUT2D eigenvalue weighted by atomic mass is 16.1. The van der Waals surface area contributed by atoms with Crippen molar-refractivity contribution in [2.24, 2.45) is 11.7 Å². The van der Waals surface area contributed by atoms with Gasteiger partial charge in [0.25, 0.3) is 5.91 Å². The first-order valence-electron chi connectivity index (χ1n) is 3.26. The molecular weight excluding hydrogens is 128 g/mol. The molecular formula is C7H14N2O. The van der Waals surface area contributed by atoms with Crippen LogP contribution in [-0.4, -0.2) is 12.5 Å². The Labute approximate surface area is 61.3 Å². The van der Waals surface area contributed by atoms with Gasteiger partial charge in [0, 0.05) is 6.54 Å². The topological polar surface area (TPSA) is 55.1 Å². The van der Waals surface area contributed by atoms with Crippen LogP contribution < -0.4 is 11.1 Å². The van der Waals surface area contributed by atoms with E-state index in [9.17, 15) is 4.79 Å². The quantitative estimate of drug-likeness (QED) is 0.554. The predicted molar refractivity (Wildman–Crippen MR) is 41.2 cm³/mol. The van der Waals surface area contributed by atoms with Crippen LogP contribution in [0, 0.1) is 5.92 Å². The fraction of sp³-hybridized carbons (Fsp3) is 0.571. The Bertz CT molecular complexity index is 141. The van der Waals surface area contributed by atoms with Crippen LogP contribution in [0.4, 0.5) is 0 Å². The first-order chi connectivity index (χ1) is 4.54. The van der Waals surface area contributed by atoms with Gasteiger partial charge in [-0.15, -0.1) is 0 Å². The second-order valence-corrected chi connectivity index (χ2v) is 2.63. The third kappa shape index (κ3) is 3.95. The fourth-order valence-electron chi connectivity index (χ4n) is 0.410. The minimum absolute atomic E-state index is 0.0700. The predicted octanol–water partition coefficient (Wildman–Crippen LogP) is 0.231. The van der Waals surface area contributed by atoms with Crippen molar-refractivity contribution in [2.75, 3.05) is 6.54 Å². The molecule has 10 heavy (non-hydrogen) atoms. The normalized spacial score (nSPS) is 9.50. The first-order valence-corrected chi connectivity index (χ1v) is 3.26. The second-order valence-electron chi connectivity index (χ2n) is 2.63. The molecule has 0 spiro atoms. The third-order valence-electron chi connectivity index (χ3n) is 0.963. The van der Waals surface area contributed by atoms with Crippen molar-refractivity contribution >= 4 is 5.91 Å². The lowest BCUT2D eigenvalue weighted by Crippen LogP contribution is -2.30. The number of rotatable bonds is 3. The number of carbonyl (C=O) groups is 1. The molecule has 3 nitrogen and oxygen atoms in total. The highest BCUT2D eigenvalue weighted by Gasteiger charge is 2.01. The number of hydrogen-bond acceptors (Lipinski definition) is 2. The van der Waals surface area contributed by atoms with Crippen LogP contribution in [0.5, 0.6) is 0 Å². The van der Waals surface area contributed by atoms with Gasteiger partial charge in [-0.05, 0) is 5.92 Å². The molecule has 0 aromatic heterocycles. The molecule has 0 fully saturated rings. The van der Waals surface area contributed by atoms with Crippen LogP contribution in [0.3, 0.4) is 0 Å². The summed E-state index contributed by atoms with van der Waals surface area (Å²) in [5.41, 5.74) is 5.19. The monoisotopic (exact) mass is 142 g/mol. The number of nitrogens with one attached hydrogen (secondary N) is 1. The SMILES string of the molecule is C=C(N)C(=O)NCC(C)C. The summed E-state index contributed by atoms with van der Waals surface area (Å²) in [6, 6.07) is 0. The van der Waals surface area contributed by atoms with Gasteiger partial charge in [0.2, 0.25) is 0 Å². The Kier molecular flexibility index (Phi) is 3.54. The van der Waals surface area contributed by atoms with Gasteiger partial charge < -0.3 is 11.1 Å². The van der Waals surface area contributed by atoms with E-state index in [0.717, 1.165) is 0 Å². The van der Waals surface area contributed by atoms with E-state index in [4.69, 9.17) is 5.73 Å². The fourth-order valence-corrected chi connectivity index (χ4v) is 0.410. The smallest absolute Gasteiger partial charge is 0.266 e. The van der Waals surface area contributed by atoms with Gasteiger partial charge in [-0.3, -0.25) is 4.79 Å². The molecule has 0 radical (unpaired) electrons. The van der Waals surface area contributed by atoms with Crippen molar-refractivity contribution in [3.05, 3.63) is 12.3 Å². The Balaban J connectivity index is 3.50. The third-order valence-corrected chi connectivity index (χ3v) is 0.963. The Hall–Kier alpha value is -0.990. The molecule has 3 heteroatoms. The molecule has 0 aromatic carbocycles. The Morgan fingerprint density at radius 1 is 1.70 bits per heavy atom. The zero-order chi connectivity index (χ0) is 8.15. The van der Waals surface area contributed by atoms with Crippen LogP contribution in [0.15, 0.2) is 12.3 Å². The molecule has 0 aliphatic carbocycles. The molecule has 58 valence electrons. The van der Waals surface area contributed by atoms with Crippen molar-refractivity contribution < 1.29 is 4.79 Å². The molecule has 0 unspecified atom stereocenters. The standard InChI is InChI=1S/C7H14N2O/c1-5(2)4-9-7(10)6(3)8/h5H,3-4,8H2,1-2H3,(H,9,10). The van der Waals surface area contributed by atoms with Gasteiger partial charge in [-0.2, -0.15) is 0 Å². The summed E-state index contributed by atoms with van der Waals surface area (Å²) >= 11 is 0. The van der Waals surface area contributed by atoms with Crippen molar-refractivity contribution in [2.45, 2.75) is 13.8 Å². The lowest BCUT2D eigenvalue weighted by atomic mass is 10.2. The molecule has 0 heterocycles. The minimum atomic E-state index is -0.270. The maximum atomic E-state index is 10.7. The molecule has 0 bridgehead atoms. The van der Waals surface area contributed by atoms with Gasteiger partial charge in [0.1, 0.15) is 0 Å². The number of carbonyl (C=O) groups excluding carboxylic acids is 1. The maximum Gasteiger partial charge on any atom is 0.266 e. The van der Waals surface area contributed by atoms with Crippen LogP contribution in [0.25, 0.3) is 0 Å². The largest absolute Gasteiger partial charge is 0.395 e. The molecule has 0 atom stereocenters. The van der Waals surface area contributed by atoms with Crippen LogP contribution in [0.1, 0.15) is 13.8 Å². The molecule has 0 aliphatic heterocycles. The molecule has 3 N–H and O–H groups in total. The summed E-state index contributed by atoms with van der Waals surface area (Å²) < 4.78 is 0. The van der Waals surface area contributed by atoms with Gasteiger partial charge in [0.15, 0.2) is 0 Å². The summed E-state index contributed by atoms with van der Waals surface area (Å²) in [7, 11) is 0. The lowest BCUT2D eigenvalue weighted by molar-refractivity contribution is -0.117. The van der Waals surface area contributed by atoms with Gasteiger partial charge in [0.05, 0.1) is 5.70 Å². The van der Waals surface area contributed by atoms with E-state index in [-0.39, 0.29) is 11.6 Å². The van der Waals surface area contributed by atoms with E-state index in [1.807, 2.05) is 13.8 Å². The highest BCUT2D eigenvalue weighted by Crippen LogP contribution is 1.87. The summed E-state index contributed by atoms with van der Waals surface area (Å²) in [6.07, 6.45) is 0. The van der Waals surface area contributed by atoms with Crippen molar-refractivity contribution in [1.29, 1.82) is 0 Å². The summed E-state index contributed by atoms with van der Waals surface area (Å²) in [5.74, 6) is 0.178. The van der Waals surface area contributed by atoms with Crippen LogP contribution in [-0.2, 0) is 4.79 Å². The van der Waals surface area contributed by atoms with Crippen molar-refractivity contribution in [3.63, 3.8) is 0 Å². The van der Waals surface area contributed by atoms with E-state index in [1.165, 1.54) is 0 Å². The molecule has 0 aliphatic rings. The molecule has 0 saturated carbocycles. The molecule has 0 aromatic rings. The van der Waals surface area contributed by atoms with Gasteiger partial charge in [-0.25, -0.2) is 0 Å². The van der Waals surface area contributed by atoms with Gasteiger partial charge >= 0.3 is 0 Å².